The number of ether oxygens (including phenoxy) is 2. The zero-order valence-corrected chi connectivity index (χ0v) is 22.3. The molecular formula is C24H26N5O8S2. The monoisotopic (exact) mass is 576 g/mol. The van der Waals surface area contributed by atoms with E-state index in [2.05, 4.69) is 17.9 Å². The highest BCUT2D eigenvalue weighted by atomic mass is 32.2. The molecule has 2 atom stereocenters. The van der Waals surface area contributed by atoms with Gasteiger partial charge in [0.25, 0.3) is 11.4 Å². The molecule has 39 heavy (non-hydrogen) atoms. The average molecular weight is 577 g/mol. The summed E-state index contributed by atoms with van der Waals surface area (Å²) in [4.78, 5) is 50.0. The lowest BCUT2D eigenvalue weighted by molar-refractivity contribution is -0.385. The number of nitro benzene ring substituents is 2. The number of rotatable bonds is 9. The highest BCUT2D eigenvalue weighted by Crippen LogP contribution is 2.37. The fraction of sp³-hybridized carbons (Fsp3) is 0.333. The van der Waals surface area contributed by atoms with Crippen LogP contribution in [0.3, 0.4) is 0 Å². The number of hydrogen-bond donors (Lipinski definition) is 3. The molecule has 1 N–H and O–H groups in total. The van der Waals surface area contributed by atoms with Crippen molar-refractivity contribution in [3.8, 4) is 0 Å². The lowest BCUT2D eigenvalue weighted by atomic mass is 10.2. The quantitative estimate of drug-likeness (QED) is 0.228. The molecule has 2 aliphatic rings. The highest BCUT2D eigenvalue weighted by molar-refractivity contribution is 8.03. The predicted octanol–water partition coefficient (Wildman–Crippen LogP) is 3.98. The van der Waals surface area contributed by atoms with E-state index in [1.807, 2.05) is 11.1 Å². The number of nitro groups is 2. The fourth-order valence-corrected chi connectivity index (χ4v) is 5.65. The standard InChI is InChI=1S/C24H26N5O8S2/c30-23(36-12-16-1-5-18(6-2-16)28(32)33)25-14-26-11-22(39-15-26)21-9-20(38)10-27(21)24(31)37-13-17-3-7-19(8-4-17)29(34)35/h1-8,11,20-21,38-39H,9-10,12-15H2,(H,25,30)/t20-,21-/m0/s1. The van der Waals surface area contributed by atoms with Gasteiger partial charge in [0.05, 0.1) is 28.4 Å². The molecule has 0 aromatic heterocycles. The molecule has 0 unspecified atom stereocenters. The summed E-state index contributed by atoms with van der Waals surface area (Å²) >= 11 is 5.55. The molecule has 15 heteroatoms. The third kappa shape index (κ3) is 7.54. The third-order valence-corrected chi connectivity index (χ3v) is 7.72. The minimum Gasteiger partial charge on any atom is -0.445 e. The highest BCUT2D eigenvalue weighted by Gasteiger charge is 2.38. The van der Waals surface area contributed by atoms with Crippen LogP contribution in [0.2, 0.25) is 0 Å². The number of non-ortho nitro benzene ring substituents is 2. The maximum absolute atomic E-state index is 12.9. The summed E-state index contributed by atoms with van der Waals surface area (Å²) in [6.45, 7) is 0.599. The normalized spacial score (nSPS) is 18.4. The van der Waals surface area contributed by atoms with E-state index in [9.17, 15) is 29.8 Å². The molecule has 0 saturated carbocycles. The second-order valence-electron chi connectivity index (χ2n) is 8.81. The van der Waals surface area contributed by atoms with E-state index in [0.29, 0.717) is 30.0 Å². The van der Waals surface area contributed by atoms with E-state index in [1.165, 1.54) is 36.4 Å². The van der Waals surface area contributed by atoms with E-state index in [0.717, 1.165) is 16.7 Å². The Morgan fingerprint density at radius 1 is 0.974 bits per heavy atom. The molecule has 0 spiro atoms. The summed E-state index contributed by atoms with van der Waals surface area (Å²) in [6, 6.07) is 11.4. The Kier molecular flexibility index (Phi) is 9.14. The van der Waals surface area contributed by atoms with Crippen LogP contribution in [-0.2, 0) is 22.7 Å². The minimum atomic E-state index is -0.625. The van der Waals surface area contributed by atoms with Gasteiger partial charge in [-0.3, -0.25) is 25.1 Å². The largest absolute Gasteiger partial charge is 0.445 e. The molecule has 1 saturated heterocycles. The molecule has 4 rings (SSSR count). The van der Waals surface area contributed by atoms with Crippen molar-refractivity contribution in [3.63, 3.8) is 0 Å². The van der Waals surface area contributed by atoms with Crippen molar-refractivity contribution in [2.45, 2.75) is 30.9 Å². The van der Waals surface area contributed by atoms with Crippen LogP contribution in [0.1, 0.15) is 17.5 Å². The lowest BCUT2D eigenvalue weighted by Crippen LogP contribution is -2.36. The van der Waals surface area contributed by atoms with Crippen LogP contribution < -0.4 is 5.32 Å². The summed E-state index contributed by atoms with van der Waals surface area (Å²) in [6.07, 6.45) is 1.45. The third-order valence-electron chi connectivity index (χ3n) is 6.06. The van der Waals surface area contributed by atoms with Gasteiger partial charge in [-0.25, -0.2) is 9.59 Å². The molecule has 2 amide bonds. The molecule has 207 valence electrons. The number of hydrogen-bond acceptors (Lipinski definition) is 10. The zero-order valence-electron chi connectivity index (χ0n) is 20.5. The van der Waals surface area contributed by atoms with Gasteiger partial charge < -0.3 is 19.7 Å². The first-order valence-electron chi connectivity index (χ1n) is 11.8. The molecule has 0 bridgehead atoms. The van der Waals surface area contributed by atoms with Crippen molar-refractivity contribution in [2.24, 2.45) is 0 Å². The summed E-state index contributed by atoms with van der Waals surface area (Å²) < 4.78 is 10.6. The second-order valence-corrected chi connectivity index (χ2v) is 10.7. The van der Waals surface area contributed by atoms with Gasteiger partial charge in [0.1, 0.15) is 13.2 Å². The molecule has 2 aliphatic heterocycles. The van der Waals surface area contributed by atoms with Gasteiger partial charge >= 0.3 is 12.2 Å². The van der Waals surface area contributed by atoms with Crippen molar-refractivity contribution in [1.82, 2.24) is 15.1 Å². The Morgan fingerprint density at radius 2 is 1.54 bits per heavy atom. The Hall–Kier alpha value is -3.98. The topological polar surface area (TPSA) is 157 Å². The summed E-state index contributed by atoms with van der Waals surface area (Å²) in [5, 5.41) is 24.2. The number of thiol groups is 2. The second kappa shape index (κ2) is 12.7. The van der Waals surface area contributed by atoms with Gasteiger partial charge in [-0.15, -0.1) is 0 Å². The number of carbonyl (C=O) groups excluding carboxylic acids is 2. The number of benzene rings is 2. The molecule has 2 aromatic carbocycles. The summed E-state index contributed by atoms with van der Waals surface area (Å²) in [5.41, 5.74) is 1.19. The summed E-state index contributed by atoms with van der Waals surface area (Å²) in [7, 11) is 0. The Labute approximate surface area is 232 Å². The Bertz CT molecular complexity index is 1260. The van der Waals surface area contributed by atoms with Gasteiger partial charge in [0.2, 0.25) is 0 Å². The fourth-order valence-electron chi connectivity index (χ4n) is 4.05. The van der Waals surface area contributed by atoms with Crippen LogP contribution in [0.5, 0.6) is 0 Å². The number of nitrogens with zero attached hydrogens (tertiary/aromatic N) is 4. The molecule has 2 heterocycles. The zero-order chi connectivity index (χ0) is 27.9. The van der Waals surface area contributed by atoms with Crippen molar-refractivity contribution < 1.29 is 28.9 Å². The minimum absolute atomic E-state index is 0.00786. The Balaban J connectivity index is 1.25. The molecule has 13 nitrogen and oxygen atoms in total. The lowest BCUT2D eigenvalue weighted by Gasteiger charge is -2.24. The van der Waals surface area contributed by atoms with E-state index in [1.54, 1.807) is 17.0 Å². The first-order valence-corrected chi connectivity index (χ1v) is 13.4. The average Bonchev–Trinajstić information content (AvgIpc) is 3.56. The van der Waals surface area contributed by atoms with Gasteiger partial charge in [-0.1, -0.05) is 0 Å². The van der Waals surface area contributed by atoms with Crippen LogP contribution in [0.25, 0.3) is 0 Å². The first kappa shape index (κ1) is 28.0. The SMILES string of the molecule is O=C(NCN1C=C([C@@H]2C[C@H](S)CN2C(=O)OCc2ccc([N+](=O)[O-])cc2)[SH]C1)OCc1ccc([N+](=O)[O-])cc1. The smallest absolute Gasteiger partial charge is 0.410 e. The predicted molar refractivity (Wildman–Crippen MR) is 146 cm³/mol. The van der Waals surface area contributed by atoms with Gasteiger partial charge in [-0.2, -0.15) is 24.4 Å². The Morgan fingerprint density at radius 3 is 2.10 bits per heavy atom. The number of nitrogens with one attached hydrogen (secondary N) is 1. The number of amides is 2. The molecular weight excluding hydrogens is 550 g/mol. The van der Waals surface area contributed by atoms with E-state index >= 15 is 0 Å². The van der Waals surface area contributed by atoms with Crippen LogP contribution in [0.4, 0.5) is 21.0 Å². The van der Waals surface area contributed by atoms with Crippen LogP contribution in [-0.4, -0.2) is 62.2 Å². The maximum atomic E-state index is 12.9. The molecule has 0 aliphatic carbocycles. The van der Waals surface area contributed by atoms with Crippen molar-refractivity contribution >= 4 is 48.0 Å². The first-order chi connectivity index (χ1) is 18.7. The van der Waals surface area contributed by atoms with Gasteiger partial charge in [0, 0.05) is 47.2 Å². The number of alkyl carbamates (subject to hydrolysis) is 1. The van der Waals surface area contributed by atoms with Crippen LogP contribution in [0.15, 0.2) is 59.6 Å². The number of likely N-dealkylation sites (tertiary alicyclic amines) is 1. The van der Waals surface area contributed by atoms with E-state index in [4.69, 9.17) is 9.47 Å². The van der Waals surface area contributed by atoms with Crippen molar-refractivity contribution in [2.75, 3.05) is 19.1 Å². The van der Waals surface area contributed by atoms with Crippen LogP contribution >= 0.6 is 24.4 Å². The van der Waals surface area contributed by atoms with Crippen molar-refractivity contribution in [1.29, 1.82) is 0 Å². The molecule has 2 aromatic rings. The van der Waals surface area contributed by atoms with E-state index < -0.39 is 22.0 Å². The van der Waals surface area contributed by atoms with Crippen LogP contribution in [0, 0.1) is 20.2 Å². The molecule has 1 radical (unpaired) electrons. The number of carbonyl (C=O) groups is 2. The van der Waals surface area contributed by atoms with Gasteiger partial charge in [0.15, 0.2) is 0 Å². The molecule has 1 fully saturated rings. The maximum Gasteiger partial charge on any atom is 0.410 e. The van der Waals surface area contributed by atoms with E-state index in [-0.39, 0.29) is 42.5 Å². The van der Waals surface area contributed by atoms with Crippen molar-refractivity contribution in [3.05, 3.63) is 91.0 Å². The summed E-state index contributed by atoms with van der Waals surface area (Å²) in [5.74, 6) is 0.622. The van der Waals surface area contributed by atoms with Gasteiger partial charge in [-0.05, 0) is 41.8 Å².